The minimum Gasteiger partial charge on any atom is -0.480 e. The van der Waals surface area contributed by atoms with Crippen LogP contribution in [0.4, 0.5) is 0 Å². The maximum Gasteiger partial charge on any atom is 0.328 e. The number of carboxylic acid groups (broad SMARTS) is 1. The molecule has 0 unspecified atom stereocenters. The van der Waals surface area contributed by atoms with E-state index in [0.29, 0.717) is 0 Å². The summed E-state index contributed by atoms with van der Waals surface area (Å²) in [5.74, 6) is -2.23. The molecule has 0 aromatic heterocycles. The number of carbonyl (C=O) groups excluding carboxylic acids is 2. The minimum absolute atomic E-state index is 0.0757. The van der Waals surface area contributed by atoms with Crippen LogP contribution in [0.3, 0.4) is 0 Å². The molecule has 0 saturated heterocycles. The van der Waals surface area contributed by atoms with Crippen molar-refractivity contribution in [2.75, 3.05) is 13.7 Å². The average molecular weight is 243 g/mol. The molecule has 0 fully saturated rings. The van der Waals surface area contributed by atoms with Crippen molar-refractivity contribution < 1.29 is 24.6 Å². The lowest BCUT2D eigenvalue weighted by atomic mass is 10.1. The smallest absolute Gasteiger partial charge is 0.328 e. The third-order valence-corrected chi connectivity index (χ3v) is 2.26. The molecule has 0 bridgehead atoms. The Balaban J connectivity index is 2.68. The molecule has 1 heterocycles. The van der Waals surface area contributed by atoms with E-state index in [0.717, 1.165) is 5.01 Å². The second-order valence-electron chi connectivity index (χ2n) is 3.51. The first-order chi connectivity index (χ1) is 7.95. The van der Waals surface area contributed by atoms with Gasteiger partial charge in [-0.1, -0.05) is 0 Å². The Morgan fingerprint density at radius 3 is 2.65 bits per heavy atom. The summed E-state index contributed by atoms with van der Waals surface area (Å²) in [6.07, 6.45) is 0.312. The lowest BCUT2D eigenvalue weighted by Crippen LogP contribution is -2.47. The number of hydrazone groups is 1. The molecule has 1 aliphatic rings. The molecular weight excluding hydrogens is 230 g/mol. The van der Waals surface area contributed by atoms with E-state index in [4.69, 9.17) is 10.2 Å². The van der Waals surface area contributed by atoms with Crippen molar-refractivity contribution >= 4 is 23.5 Å². The fourth-order valence-corrected chi connectivity index (χ4v) is 1.26. The number of carbonyl (C=O) groups is 3. The number of amides is 2. The van der Waals surface area contributed by atoms with Gasteiger partial charge in [-0.3, -0.25) is 9.59 Å². The average Bonchev–Trinajstić information content (AvgIpc) is 2.28. The summed E-state index contributed by atoms with van der Waals surface area (Å²) in [6, 6.07) is -1.37. The first kappa shape index (κ1) is 13.1. The predicted octanol–water partition coefficient (Wildman–Crippen LogP) is -1.84. The fraction of sp³-hybridized carbons (Fsp3) is 0.556. The van der Waals surface area contributed by atoms with Crippen LogP contribution in [-0.2, 0) is 14.4 Å². The Bertz CT molecular complexity index is 379. The van der Waals surface area contributed by atoms with Gasteiger partial charge in [0.1, 0.15) is 5.71 Å². The number of rotatable bonds is 4. The molecule has 0 spiro atoms. The van der Waals surface area contributed by atoms with Crippen molar-refractivity contribution in [2.45, 2.75) is 18.9 Å². The molecule has 8 nitrogen and oxygen atoms in total. The third-order valence-electron chi connectivity index (χ3n) is 2.26. The zero-order chi connectivity index (χ0) is 13.0. The van der Waals surface area contributed by atoms with Gasteiger partial charge in [0.2, 0.25) is 5.91 Å². The maximum atomic E-state index is 11.6. The maximum absolute atomic E-state index is 11.6. The number of aliphatic hydroxyl groups is 1. The van der Waals surface area contributed by atoms with Gasteiger partial charge in [0.15, 0.2) is 6.04 Å². The Kier molecular flexibility index (Phi) is 4.16. The van der Waals surface area contributed by atoms with E-state index in [1.54, 1.807) is 0 Å². The van der Waals surface area contributed by atoms with Crippen molar-refractivity contribution in [3.05, 3.63) is 0 Å². The molecule has 94 valence electrons. The highest BCUT2D eigenvalue weighted by molar-refractivity contribution is 6.39. The largest absolute Gasteiger partial charge is 0.480 e. The number of nitrogens with zero attached hydrogens (tertiary/aromatic N) is 2. The molecule has 1 aliphatic heterocycles. The summed E-state index contributed by atoms with van der Waals surface area (Å²) in [4.78, 5) is 33.3. The molecule has 1 atom stereocenters. The standard InChI is InChI=1S/C9H13N3O5/c1-12-7(14)3-2-5(11-12)8(15)10-6(4-13)9(16)17/h6,13H,2-4H2,1H3,(H,10,15)(H,16,17)/t6-/m1/s1. The molecule has 8 heteroatoms. The van der Waals surface area contributed by atoms with Gasteiger partial charge in [-0.15, -0.1) is 0 Å². The van der Waals surface area contributed by atoms with Crippen molar-refractivity contribution in [1.29, 1.82) is 0 Å². The minimum atomic E-state index is -1.37. The van der Waals surface area contributed by atoms with Crippen LogP contribution in [0.15, 0.2) is 5.10 Å². The highest BCUT2D eigenvalue weighted by Gasteiger charge is 2.25. The molecule has 0 aromatic rings. The van der Waals surface area contributed by atoms with E-state index >= 15 is 0 Å². The van der Waals surface area contributed by atoms with Gasteiger partial charge >= 0.3 is 5.97 Å². The van der Waals surface area contributed by atoms with Crippen LogP contribution < -0.4 is 5.32 Å². The van der Waals surface area contributed by atoms with Crippen LogP contribution in [0.1, 0.15) is 12.8 Å². The van der Waals surface area contributed by atoms with Gasteiger partial charge in [0.05, 0.1) is 6.61 Å². The SMILES string of the molecule is CN1N=C(C(=O)N[C@H](CO)C(=O)O)CCC1=O. The van der Waals surface area contributed by atoms with Crippen LogP contribution in [0.25, 0.3) is 0 Å². The fourth-order valence-electron chi connectivity index (χ4n) is 1.26. The number of aliphatic carboxylic acids is 1. The second kappa shape index (κ2) is 5.39. The Hall–Kier alpha value is -1.96. The van der Waals surface area contributed by atoms with E-state index in [1.807, 2.05) is 0 Å². The number of nitrogens with one attached hydrogen (secondary N) is 1. The van der Waals surface area contributed by atoms with Crippen molar-refractivity contribution in [1.82, 2.24) is 10.3 Å². The zero-order valence-corrected chi connectivity index (χ0v) is 9.21. The van der Waals surface area contributed by atoms with E-state index in [2.05, 4.69) is 10.4 Å². The van der Waals surface area contributed by atoms with Crippen molar-refractivity contribution in [3.8, 4) is 0 Å². The lowest BCUT2D eigenvalue weighted by molar-refractivity contribution is -0.142. The summed E-state index contributed by atoms with van der Waals surface area (Å²) < 4.78 is 0. The molecule has 1 rings (SSSR count). The molecule has 0 radical (unpaired) electrons. The second-order valence-corrected chi connectivity index (χ2v) is 3.51. The molecule has 0 saturated carbocycles. The summed E-state index contributed by atoms with van der Waals surface area (Å²) in [5.41, 5.74) is 0.0757. The summed E-state index contributed by atoms with van der Waals surface area (Å²) in [5, 5.41) is 24.2. The van der Waals surface area contributed by atoms with Crippen LogP contribution >= 0.6 is 0 Å². The summed E-state index contributed by atoms with van der Waals surface area (Å²) in [6.45, 7) is -0.705. The van der Waals surface area contributed by atoms with Gasteiger partial charge < -0.3 is 15.5 Å². The number of carboxylic acids is 1. The van der Waals surface area contributed by atoms with Gasteiger partial charge in [-0.2, -0.15) is 5.10 Å². The monoisotopic (exact) mass is 243 g/mol. The number of hydrogen-bond acceptors (Lipinski definition) is 5. The van der Waals surface area contributed by atoms with E-state index in [-0.39, 0.29) is 24.5 Å². The quantitative estimate of drug-likeness (QED) is 0.535. The van der Waals surface area contributed by atoms with Crippen molar-refractivity contribution in [3.63, 3.8) is 0 Å². The van der Waals surface area contributed by atoms with Crippen LogP contribution in [-0.4, -0.2) is 58.4 Å². The zero-order valence-electron chi connectivity index (χ0n) is 9.21. The molecule has 2 amide bonds. The van der Waals surface area contributed by atoms with Gasteiger partial charge in [-0.05, 0) is 0 Å². The molecule has 0 aromatic carbocycles. The van der Waals surface area contributed by atoms with E-state index < -0.39 is 24.5 Å². The highest BCUT2D eigenvalue weighted by Crippen LogP contribution is 2.07. The Labute approximate surface area is 96.9 Å². The number of aliphatic hydroxyl groups excluding tert-OH is 1. The normalized spacial score (nSPS) is 17.4. The van der Waals surface area contributed by atoms with Crippen LogP contribution in [0.5, 0.6) is 0 Å². The molecule has 3 N–H and O–H groups in total. The van der Waals surface area contributed by atoms with E-state index in [9.17, 15) is 14.4 Å². The molecular formula is C9H13N3O5. The number of hydrogen-bond donors (Lipinski definition) is 3. The van der Waals surface area contributed by atoms with Crippen LogP contribution in [0, 0.1) is 0 Å². The Morgan fingerprint density at radius 1 is 1.53 bits per heavy atom. The third kappa shape index (κ3) is 3.25. The first-order valence-corrected chi connectivity index (χ1v) is 4.94. The molecule has 17 heavy (non-hydrogen) atoms. The Morgan fingerprint density at radius 2 is 2.18 bits per heavy atom. The summed E-state index contributed by atoms with van der Waals surface area (Å²) in [7, 11) is 1.41. The highest BCUT2D eigenvalue weighted by atomic mass is 16.4. The topological polar surface area (TPSA) is 119 Å². The molecule has 0 aliphatic carbocycles. The van der Waals surface area contributed by atoms with Gasteiger partial charge in [0.25, 0.3) is 5.91 Å². The van der Waals surface area contributed by atoms with Gasteiger partial charge in [0, 0.05) is 19.9 Å². The first-order valence-electron chi connectivity index (χ1n) is 4.94. The predicted molar refractivity (Wildman–Crippen MR) is 56.1 cm³/mol. The lowest BCUT2D eigenvalue weighted by Gasteiger charge is -2.20. The van der Waals surface area contributed by atoms with Crippen LogP contribution in [0.2, 0.25) is 0 Å². The van der Waals surface area contributed by atoms with Crippen molar-refractivity contribution in [2.24, 2.45) is 5.10 Å². The summed E-state index contributed by atoms with van der Waals surface area (Å²) >= 11 is 0. The van der Waals surface area contributed by atoms with Gasteiger partial charge in [-0.25, -0.2) is 9.80 Å². The van der Waals surface area contributed by atoms with E-state index in [1.165, 1.54) is 7.05 Å².